The zero-order valence-corrected chi connectivity index (χ0v) is 11.7. The van der Waals surface area contributed by atoms with Crippen LogP contribution in [0, 0.1) is 5.82 Å². The molecule has 0 spiro atoms. The lowest BCUT2D eigenvalue weighted by molar-refractivity contribution is 0.152. The summed E-state index contributed by atoms with van der Waals surface area (Å²) < 4.78 is 38.6. The summed E-state index contributed by atoms with van der Waals surface area (Å²) in [4.78, 5) is 1.38. The molecule has 20 heavy (non-hydrogen) atoms. The van der Waals surface area contributed by atoms with Crippen LogP contribution in [0.4, 0.5) is 18.9 Å². The lowest BCUT2D eigenvalue weighted by atomic mass is 10.1. The summed E-state index contributed by atoms with van der Waals surface area (Å²) in [6, 6.07) is 4.25. The number of hydrogen-bond donors (Lipinski definition) is 2. The van der Waals surface area contributed by atoms with Crippen molar-refractivity contribution in [3.63, 3.8) is 0 Å². The van der Waals surface area contributed by atoms with E-state index in [1.165, 1.54) is 23.1 Å². The third-order valence-electron chi connectivity index (χ3n) is 2.81. The van der Waals surface area contributed by atoms with Crippen LogP contribution in [-0.4, -0.2) is 37.3 Å². The van der Waals surface area contributed by atoms with Crippen molar-refractivity contribution in [1.29, 1.82) is 0 Å². The lowest BCUT2D eigenvalue weighted by Gasteiger charge is -2.26. The average molecular weight is 290 g/mol. The van der Waals surface area contributed by atoms with Gasteiger partial charge in [0.05, 0.1) is 13.2 Å². The highest BCUT2D eigenvalue weighted by Crippen LogP contribution is 2.22. The van der Waals surface area contributed by atoms with Gasteiger partial charge in [-0.25, -0.2) is 13.2 Å². The minimum absolute atomic E-state index is 0.0879. The topological polar surface area (TPSA) is 35.5 Å². The van der Waals surface area contributed by atoms with Crippen molar-refractivity contribution < 1.29 is 18.3 Å². The summed E-state index contributed by atoms with van der Waals surface area (Å²) >= 11 is 0. The molecule has 0 bridgehead atoms. The molecule has 2 N–H and O–H groups in total. The van der Waals surface area contributed by atoms with Crippen molar-refractivity contribution in [2.45, 2.75) is 32.9 Å². The molecule has 1 rings (SSSR count). The van der Waals surface area contributed by atoms with Gasteiger partial charge in [-0.15, -0.1) is 0 Å². The maximum atomic E-state index is 13.3. The maximum Gasteiger partial charge on any atom is 0.255 e. The molecule has 0 saturated carbocycles. The zero-order valence-electron chi connectivity index (χ0n) is 11.7. The molecule has 0 heterocycles. The predicted molar refractivity (Wildman–Crippen MR) is 73.7 cm³/mol. The average Bonchev–Trinajstić information content (AvgIpc) is 2.35. The fourth-order valence-electron chi connectivity index (χ4n) is 1.92. The van der Waals surface area contributed by atoms with E-state index in [-0.39, 0.29) is 19.2 Å². The van der Waals surface area contributed by atoms with E-state index >= 15 is 0 Å². The second-order valence-electron chi connectivity index (χ2n) is 4.87. The van der Waals surface area contributed by atoms with Gasteiger partial charge in [-0.1, -0.05) is 13.8 Å². The fraction of sp³-hybridized carbons (Fsp3) is 0.571. The number of benzene rings is 1. The molecule has 114 valence electrons. The number of aliphatic hydroxyl groups excluding tert-OH is 1. The number of rotatable bonds is 8. The summed E-state index contributed by atoms with van der Waals surface area (Å²) in [5.74, 6) is -0.407. The summed E-state index contributed by atoms with van der Waals surface area (Å²) in [5, 5.41) is 12.1. The Morgan fingerprint density at radius 3 is 2.55 bits per heavy atom. The van der Waals surface area contributed by atoms with E-state index in [0.717, 1.165) is 0 Å². The van der Waals surface area contributed by atoms with Crippen LogP contribution in [0.3, 0.4) is 0 Å². The second kappa shape index (κ2) is 8.11. The number of nitrogens with one attached hydrogen (secondary N) is 1. The molecule has 0 aliphatic rings. The van der Waals surface area contributed by atoms with Gasteiger partial charge in [-0.2, -0.15) is 0 Å². The van der Waals surface area contributed by atoms with Crippen LogP contribution in [0.2, 0.25) is 0 Å². The van der Waals surface area contributed by atoms with Gasteiger partial charge >= 0.3 is 0 Å². The van der Waals surface area contributed by atoms with E-state index < -0.39 is 18.8 Å². The van der Waals surface area contributed by atoms with Crippen molar-refractivity contribution in [2.75, 3.05) is 24.6 Å². The first kappa shape index (κ1) is 16.8. The Labute approximate surface area is 117 Å². The molecule has 1 aromatic rings. The van der Waals surface area contributed by atoms with Gasteiger partial charge in [0.1, 0.15) is 5.82 Å². The molecule has 0 amide bonds. The highest BCUT2D eigenvalue weighted by atomic mass is 19.3. The van der Waals surface area contributed by atoms with Crippen molar-refractivity contribution in [2.24, 2.45) is 0 Å². The van der Waals surface area contributed by atoms with Gasteiger partial charge < -0.3 is 15.3 Å². The Balaban J connectivity index is 2.99. The molecule has 0 saturated heterocycles. The van der Waals surface area contributed by atoms with Gasteiger partial charge in [0.15, 0.2) is 0 Å². The molecule has 0 aliphatic carbocycles. The Kier molecular flexibility index (Phi) is 6.81. The van der Waals surface area contributed by atoms with E-state index in [0.29, 0.717) is 17.8 Å². The Morgan fingerprint density at radius 1 is 1.30 bits per heavy atom. The van der Waals surface area contributed by atoms with E-state index in [4.69, 9.17) is 5.11 Å². The standard InChI is InChI=1S/C14H21F3N2O/c1-10(2)18-8-11-7-12(15)3-4-13(11)19(5-6-20)9-14(16)17/h3-4,7,10,14,18,20H,5-6,8-9H2,1-2H3. The van der Waals surface area contributed by atoms with Crippen LogP contribution < -0.4 is 10.2 Å². The minimum Gasteiger partial charge on any atom is -0.395 e. The molecule has 0 unspecified atom stereocenters. The van der Waals surface area contributed by atoms with E-state index in [2.05, 4.69) is 5.32 Å². The molecule has 6 heteroatoms. The highest BCUT2D eigenvalue weighted by molar-refractivity contribution is 5.54. The minimum atomic E-state index is -2.52. The molecule has 0 aliphatic heterocycles. The molecule has 0 radical (unpaired) electrons. The Hall–Kier alpha value is -1.27. The van der Waals surface area contributed by atoms with Crippen molar-refractivity contribution in [1.82, 2.24) is 5.32 Å². The molecular weight excluding hydrogens is 269 g/mol. The molecule has 3 nitrogen and oxygen atoms in total. The first-order valence-corrected chi connectivity index (χ1v) is 6.59. The molecule has 0 atom stereocenters. The van der Waals surface area contributed by atoms with Gasteiger partial charge in [0.2, 0.25) is 0 Å². The number of alkyl halides is 2. The maximum absolute atomic E-state index is 13.3. The van der Waals surface area contributed by atoms with Gasteiger partial charge in [-0.05, 0) is 23.8 Å². The van der Waals surface area contributed by atoms with Crippen LogP contribution in [0.25, 0.3) is 0 Å². The summed E-state index contributed by atoms with van der Waals surface area (Å²) in [5.41, 5.74) is 1.13. The monoisotopic (exact) mass is 290 g/mol. The number of anilines is 1. The van der Waals surface area contributed by atoms with Gasteiger partial charge in [0.25, 0.3) is 6.43 Å². The van der Waals surface area contributed by atoms with Crippen molar-refractivity contribution in [3.8, 4) is 0 Å². The van der Waals surface area contributed by atoms with Crippen LogP contribution in [0.5, 0.6) is 0 Å². The van der Waals surface area contributed by atoms with E-state index in [1.54, 1.807) is 0 Å². The Bertz CT molecular complexity index is 413. The lowest BCUT2D eigenvalue weighted by Crippen LogP contribution is -2.33. The quantitative estimate of drug-likeness (QED) is 0.771. The largest absolute Gasteiger partial charge is 0.395 e. The van der Waals surface area contributed by atoms with Crippen molar-refractivity contribution in [3.05, 3.63) is 29.6 Å². The van der Waals surface area contributed by atoms with Crippen LogP contribution in [-0.2, 0) is 6.54 Å². The van der Waals surface area contributed by atoms with E-state index in [1.807, 2.05) is 13.8 Å². The molecule has 0 aromatic heterocycles. The van der Waals surface area contributed by atoms with Crippen LogP contribution >= 0.6 is 0 Å². The van der Waals surface area contributed by atoms with Gasteiger partial charge in [0, 0.05) is 24.8 Å². The van der Waals surface area contributed by atoms with Gasteiger partial charge in [-0.3, -0.25) is 0 Å². The molecular formula is C14H21F3N2O. The first-order chi connectivity index (χ1) is 9.43. The summed E-state index contributed by atoms with van der Waals surface area (Å²) in [7, 11) is 0. The number of aliphatic hydroxyl groups is 1. The SMILES string of the molecule is CC(C)NCc1cc(F)ccc1N(CCO)CC(F)F. The van der Waals surface area contributed by atoms with Crippen molar-refractivity contribution >= 4 is 5.69 Å². The number of hydrogen-bond acceptors (Lipinski definition) is 3. The van der Waals surface area contributed by atoms with E-state index in [9.17, 15) is 13.2 Å². The number of nitrogens with zero attached hydrogens (tertiary/aromatic N) is 1. The Morgan fingerprint density at radius 2 is 2.00 bits per heavy atom. The van der Waals surface area contributed by atoms with Crippen LogP contribution in [0.15, 0.2) is 18.2 Å². The van der Waals surface area contributed by atoms with Crippen LogP contribution in [0.1, 0.15) is 19.4 Å². The predicted octanol–water partition coefficient (Wildman–Crippen LogP) is 2.39. The third kappa shape index (κ3) is 5.38. The third-order valence-corrected chi connectivity index (χ3v) is 2.81. The normalized spacial score (nSPS) is 11.4. The number of halogens is 3. The summed E-state index contributed by atoms with van der Waals surface area (Å²) in [6.07, 6.45) is -2.52. The summed E-state index contributed by atoms with van der Waals surface area (Å²) in [6.45, 7) is 3.65. The molecule has 1 aromatic carbocycles. The fourth-order valence-corrected chi connectivity index (χ4v) is 1.92. The zero-order chi connectivity index (χ0) is 15.1. The molecule has 0 fully saturated rings. The first-order valence-electron chi connectivity index (χ1n) is 6.59. The smallest absolute Gasteiger partial charge is 0.255 e. The second-order valence-corrected chi connectivity index (χ2v) is 4.87. The highest BCUT2D eigenvalue weighted by Gasteiger charge is 2.16.